The molecule has 0 spiro atoms. The van der Waals surface area contributed by atoms with Crippen molar-refractivity contribution in [3.63, 3.8) is 0 Å². The van der Waals surface area contributed by atoms with Crippen molar-refractivity contribution in [1.82, 2.24) is 0 Å². The number of ether oxygens (including phenoxy) is 1. The summed E-state index contributed by atoms with van der Waals surface area (Å²) in [5.41, 5.74) is 0. The van der Waals surface area contributed by atoms with E-state index in [-0.39, 0.29) is 11.5 Å². The Labute approximate surface area is 198 Å². The lowest BCUT2D eigenvalue weighted by atomic mass is 10.3. The minimum absolute atomic E-state index is 0.0556. The molecule has 11 heteroatoms. The highest BCUT2D eigenvalue weighted by Gasteiger charge is 2.25. The normalized spacial score (nSPS) is 11.0. The third-order valence-electron chi connectivity index (χ3n) is 2.61. The number of hydrogen-bond acceptors (Lipinski definition) is 3. The Morgan fingerprint density at radius 3 is 1.26 bits per heavy atom. The molecule has 124 valence electrons. The second-order valence-electron chi connectivity index (χ2n) is 3.97. The maximum atomic E-state index is 10.2. The van der Waals surface area contributed by atoms with Crippen molar-refractivity contribution in [2.45, 2.75) is 0 Å². The largest absolute Gasteiger partial charge is 0.503 e. The molecule has 0 aliphatic rings. The second-order valence-corrected chi connectivity index (χ2v) is 10.3. The Balaban J connectivity index is 2.71. The van der Waals surface area contributed by atoms with E-state index in [1.54, 1.807) is 0 Å². The monoisotopic (exact) mass is 825 g/mol. The van der Waals surface area contributed by atoms with E-state index in [2.05, 4.69) is 127 Å². The first-order valence-electron chi connectivity index (χ1n) is 5.37. The first kappa shape index (κ1) is 21.0. The van der Waals surface area contributed by atoms with Gasteiger partial charge in [-0.3, -0.25) is 0 Å². The highest BCUT2D eigenvalue weighted by Crippen LogP contribution is 2.55. The summed E-state index contributed by atoms with van der Waals surface area (Å²) in [6, 6.07) is 0. The van der Waals surface area contributed by atoms with Crippen molar-refractivity contribution in [1.29, 1.82) is 0 Å². The van der Waals surface area contributed by atoms with Gasteiger partial charge in [-0.15, -0.1) is 0 Å². The minimum Gasteiger partial charge on any atom is -0.503 e. The zero-order valence-corrected chi connectivity index (χ0v) is 23.0. The fourth-order valence-corrected chi connectivity index (χ4v) is 6.14. The van der Waals surface area contributed by atoms with Gasteiger partial charge in [-0.2, -0.15) is 0 Å². The maximum Gasteiger partial charge on any atom is 0.203 e. The van der Waals surface area contributed by atoms with E-state index in [0.29, 0.717) is 28.1 Å². The molecule has 0 aliphatic heterocycles. The third-order valence-corrected chi connectivity index (χ3v) is 12.0. The fourth-order valence-electron chi connectivity index (χ4n) is 1.48. The Bertz CT molecular complexity index is 695. The molecule has 0 heterocycles. The van der Waals surface area contributed by atoms with E-state index < -0.39 is 5.75 Å². The Morgan fingerprint density at radius 1 is 0.435 bits per heavy atom. The van der Waals surface area contributed by atoms with Crippen LogP contribution in [0.2, 0.25) is 0 Å². The molecule has 2 aromatic rings. The van der Waals surface area contributed by atoms with Crippen LogP contribution in [0.3, 0.4) is 0 Å². The number of rotatable bonds is 2. The van der Waals surface area contributed by atoms with Gasteiger partial charge in [0.05, 0.1) is 31.3 Å². The first-order valence-corrected chi connectivity index (χ1v) is 11.7. The summed E-state index contributed by atoms with van der Waals surface area (Å²) in [6.07, 6.45) is 0. The number of hydrogen-bond donors (Lipinski definition) is 2. The number of halogens is 8. The van der Waals surface area contributed by atoms with E-state index in [9.17, 15) is 10.2 Å². The quantitative estimate of drug-likeness (QED) is 0.181. The summed E-state index contributed by atoms with van der Waals surface area (Å²) in [5, 5.41) is 20.2. The molecule has 0 aliphatic carbocycles. The molecule has 0 atom stereocenters. The van der Waals surface area contributed by atoms with Crippen LogP contribution in [0.4, 0.5) is 0 Å². The summed E-state index contributed by atoms with van der Waals surface area (Å²) >= 11 is 27.0. The molecule has 3 nitrogen and oxygen atoms in total. The molecule has 0 saturated carbocycles. The third kappa shape index (κ3) is 3.86. The lowest BCUT2D eigenvalue weighted by Crippen LogP contribution is -1.93. The van der Waals surface area contributed by atoms with Gasteiger partial charge in [0.15, 0.2) is 17.2 Å². The van der Waals surface area contributed by atoms with E-state index in [4.69, 9.17) is 4.74 Å². The number of aromatic hydroxyl groups is 2. The molecule has 0 amide bonds. The van der Waals surface area contributed by atoms with Gasteiger partial charge in [-0.25, -0.2) is 0 Å². The lowest BCUT2D eigenvalue weighted by Gasteiger charge is -2.17. The zero-order valence-electron chi connectivity index (χ0n) is 10.3. The van der Waals surface area contributed by atoms with Crippen LogP contribution in [-0.2, 0) is 0 Å². The molecule has 2 aromatic carbocycles. The summed E-state index contributed by atoms with van der Waals surface area (Å²) in [5.74, 6) is -0.282. The molecule has 23 heavy (non-hydrogen) atoms. The Kier molecular flexibility index (Phi) is 7.43. The average Bonchev–Trinajstić information content (AvgIpc) is 2.54. The smallest absolute Gasteiger partial charge is 0.203 e. The maximum absolute atomic E-state index is 10.2. The molecule has 0 unspecified atom stereocenters. The summed E-state index contributed by atoms with van der Waals surface area (Å²) in [4.78, 5) is 0. The van der Waals surface area contributed by atoms with Crippen LogP contribution in [0.1, 0.15) is 0 Å². The van der Waals surface area contributed by atoms with Crippen LogP contribution in [0.15, 0.2) is 35.8 Å². The topological polar surface area (TPSA) is 49.7 Å². The minimum atomic E-state index is -0.402. The van der Waals surface area contributed by atoms with Crippen LogP contribution in [0, 0.1) is 0 Å². The predicted molar refractivity (Wildman–Crippen MR) is 118 cm³/mol. The van der Waals surface area contributed by atoms with Crippen molar-refractivity contribution in [3.05, 3.63) is 35.8 Å². The number of benzene rings is 2. The van der Waals surface area contributed by atoms with Crippen LogP contribution in [-0.4, -0.2) is 10.2 Å². The first-order chi connectivity index (χ1) is 10.6. The highest BCUT2D eigenvalue weighted by molar-refractivity contribution is 9.16. The Hall–Kier alpha value is 1.68. The van der Waals surface area contributed by atoms with Crippen LogP contribution in [0.5, 0.6) is 23.0 Å². The summed E-state index contributed by atoms with van der Waals surface area (Å²) < 4.78 is 10.6. The van der Waals surface area contributed by atoms with Gasteiger partial charge in [-0.05, 0) is 127 Å². The SMILES string of the molecule is Oc1c(O)c(Oc2c(Br)c(Br)c(Br)c(Br)c2Br)c(Br)c(Br)c1Br. The van der Waals surface area contributed by atoms with Crippen molar-refractivity contribution in [2.75, 3.05) is 0 Å². The van der Waals surface area contributed by atoms with E-state index in [1.807, 2.05) is 0 Å². The average molecular weight is 833 g/mol. The molecular formula is C12H2Br8O3. The van der Waals surface area contributed by atoms with Gasteiger partial charge < -0.3 is 14.9 Å². The molecule has 0 saturated heterocycles. The van der Waals surface area contributed by atoms with Gasteiger partial charge in [0, 0.05) is 4.47 Å². The van der Waals surface area contributed by atoms with Crippen molar-refractivity contribution in [3.8, 4) is 23.0 Å². The number of phenolic OH excluding ortho intramolecular Hbond substituents is 2. The molecule has 2 rings (SSSR count). The zero-order chi connectivity index (χ0) is 17.6. The van der Waals surface area contributed by atoms with Gasteiger partial charge in [0.1, 0.15) is 0 Å². The molecule has 2 N–H and O–H groups in total. The van der Waals surface area contributed by atoms with Crippen molar-refractivity contribution in [2.24, 2.45) is 0 Å². The van der Waals surface area contributed by atoms with Gasteiger partial charge >= 0.3 is 0 Å². The predicted octanol–water partition coefficient (Wildman–Crippen LogP) is 8.99. The molecule has 0 bridgehead atoms. The van der Waals surface area contributed by atoms with Crippen molar-refractivity contribution < 1.29 is 14.9 Å². The lowest BCUT2D eigenvalue weighted by molar-refractivity contribution is 0.368. The summed E-state index contributed by atoms with van der Waals surface area (Å²) in [6.45, 7) is 0. The van der Waals surface area contributed by atoms with E-state index >= 15 is 0 Å². The Morgan fingerprint density at radius 2 is 0.783 bits per heavy atom. The standard InChI is InChI=1S/C12H2Br8O3/c13-1-2(14)6(18)11(7(19)3(1)15)23-12-8(20)4(16)5(17)9(21)10(12)22/h21-22H. The number of phenols is 2. The molecule has 0 fully saturated rings. The van der Waals surface area contributed by atoms with Crippen LogP contribution >= 0.6 is 127 Å². The van der Waals surface area contributed by atoms with Crippen LogP contribution in [0.25, 0.3) is 0 Å². The van der Waals surface area contributed by atoms with E-state index in [1.165, 1.54) is 0 Å². The summed E-state index contributed by atoms with van der Waals surface area (Å²) in [7, 11) is 0. The van der Waals surface area contributed by atoms with Gasteiger partial charge in [-0.1, -0.05) is 0 Å². The van der Waals surface area contributed by atoms with E-state index in [0.717, 1.165) is 13.4 Å². The molecular weight excluding hydrogens is 831 g/mol. The van der Waals surface area contributed by atoms with Crippen LogP contribution < -0.4 is 4.74 Å². The molecule has 0 radical (unpaired) electrons. The molecule has 0 aromatic heterocycles. The van der Waals surface area contributed by atoms with Gasteiger partial charge in [0.2, 0.25) is 5.75 Å². The fraction of sp³-hybridized carbons (Fsp3) is 0. The second kappa shape index (κ2) is 8.14. The van der Waals surface area contributed by atoms with Gasteiger partial charge in [0.25, 0.3) is 0 Å². The highest BCUT2D eigenvalue weighted by atomic mass is 79.9. The van der Waals surface area contributed by atoms with Crippen molar-refractivity contribution >= 4 is 127 Å².